The summed E-state index contributed by atoms with van der Waals surface area (Å²) in [6, 6.07) is 30.4. The largest absolute Gasteiger partial charge is 0.470 e. The molecule has 29 heavy (non-hydrogen) atoms. The number of fused-ring (bicyclic) bond motifs is 6. The maximum atomic E-state index is 6.67. The Morgan fingerprint density at radius 3 is 2.45 bits per heavy atom. The first kappa shape index (κ1) is 17.3. The molecule has 6 rings (SSSR count). The molecular formula is C26H20BrNO. The lowest BCUT2D eigenvalue weighted by atomic mass is 9.87. The predicted octanol–water partition coefficient (Wildman–Crippen LogP) is 6.64. The topological polar surface area (TPSA) is 12.5 Å². The zero-order chi connectivity index (χ0) is 19.4. The molecule has 0 bridgehead atoms. The summed E-state index contributed by atoms with van der Waals surface area (Å²) in [5.41, 5.74) is 5.24. The minimum absolute atomic E-state index is 0.0641. The summed E-state index contributed by atoms with van der Waals surface area (Å²) in [5.74, 6) is 0.988. The van der Waals surface area contributed by atoms with E-state index in [1.807, 2.05) is 0 Å². The van der Waals surface area contributed by atoms with Crippen molar-refractivity contribution in [3.8, 4) is 5.75 Å². The Bertz CT molecular complexity index is 1230. The summed E-state index contributed by atoms with van der Waals surface area (Å²) in [6.07, 6.45) is 0.975. The van der Waals surface area contributed by atoms with Gasteiger partial charge in [0, 0.05) is 22.1 Å². The molecule has 2 aliphatic rings. The van der Waals surface area contributed by atoms with E-state index in [2.05, 4.69) is 106 Å². The van der Waals surface area contributed by atoms with Crippen LogP contribution in [0, 0.1) is 0 Å². The standard InChI is InChI=1S/C26H20BrNO/c27-22-12-6-5-11-21(22)25-24-19-9-3-1-7-17(19)13-14-23(24)29-26-20-10-4-2-8-18(20)15-16-28(25)26/h1-14,25-26H,15-16H2. The van der Waals surface area contributed by atoms with Gasteiger partial charge in [0.15, 0.2) is 6.23 Å². The van der Waals surface area contributed by atoms with Gasteiger partial charge in [-0.15, -0.1) is 0 Å². The number of benzene rings is 4. The van der Waals surface area contributed by atoms with Gasteiger partial charge in [0.1, 0.15) is 5.75 Å². The van der Waals surface area contributed by atoms with Crippen LogP contribution in [0.25, 0.3) is 10.8 Å². The minimum atomic E-state index is -0.0641. The summed E-state index contributed by atoms with van der Waals surface area (Å²) < 4.78 is 7.81. The van der Waals surface area contributed by atoms with Gasteiger partial charge in [-0.05, 0) is 40.5 Å². The van der Waals surface area contributed by atoms with Gasteiger partial charge in [-0.25, -0.2) is 0 Å². The molecule has 2 unspecified atom stereocenters. The average Bonchev–Trinajstić information content (AvgIpc) is 2.78. The first-order valence-electron chi connectivity index (χ1n) is 10.1. The van der Waals surface area contributed by atoms with Crippen LogP contribution in [0.3, 0.4) is 0 Å². The Balaban J connectivity index is 1.64. The van der Waals surface area contributed by atoms with E-state index in [0.29, 0.717) is 0 Å². The van der Waals surface area contributed by atoms with Gasteiger partial charge < -0.3 is 4.74 Å². The van der Waals surface area contributed by atoms with E-state index >= 15 is 0 Å². The highest BCUT2D eigenvalue weighted by atomic mass is 79.9. The quantitative estimate of drug-likeness (QED) is 0.328. The molecular weight excluding hydrogens is 422 g/mol. The van der Waals surface area contributed by atoms with Crippen LogP contribution in [0.1, 0.15) is 34.5 Å². The molecule has 0 N–H and O–H groups in total. The molecule has 2 atom stereocenters. The van der Waals surface area contributed by atoms with E-state index in [1.54, 1.807) is 0 Å². The number of halogens is 1. The van der Waals surface area contributed by atoms with Crippen molar-refractivity contribution < 1.29 is 4.74 Å². The third-order valence-electron chi connectivity index (χ3n) is 6.24. The van der Waals surface area contributed by atoms with Crippen LogP contribution in [-0.2, 0) is 6.42 Å². The average molecular weight is 442 g/mol. The van der Waals surface area contributed by atoms with Gasteiger partial charge in [-0.2, -0.15) is 0 Å². The van der Waals surface area contributed by atoms with Crippen LogP contribution in [0.5, 0.6) is 5.75 Å². The number of nitrogens with zero attached hydrogens (tertiary/aromatic N) is 1. The van der Waals surface area contributed by atoms with Crippen LogP contribution >= 0.6 is 15.9 Å². The molecule has 0 aliphatic carbocycles. The van der Waals surface area contributed by atoms with Crippen LogP contribution < -0.4 is 4.74 Å². The second-order valence-electron chi connectivity index (χ2n) is 7.78. The Kier molecular flexibility index (Phi) is 4.00. The molecule has 2 aliphatic heterocycles. The predicted molar refractivity (Wildman–Crippen MR) is 120 cm³/mol. The molecule has 2 nitrogen and oxygen atoms in total. The van der Waals surface area contributed by atoms with Gasteiger partial charge in [-0.3, -0.25) is 4.90 Å². The number of hydrogen-bond donors (Lipinski definition) is 0. The maximum Gasteiger partial charge on any atom is 0.180 e. The monoisotopic (exact) mass is 441 g/mol. The van der Waals surface area contributed by atoms with E-state index in [-0.39, 0.29) is 12.3 Å². The normalized spacial score (nSPS) is 20.4. The molecule has 4 aromatic rings. The highest BCUT2D eigenvalue weighted by Gasteiger charge is 2.41. The fourth-order valence-electron chi connectivity index (χ4n) is 4.92. The molecule has 4 aromatic carbocycles. The summed E-state index contributed by atoms with van der Waals surface area (Å²) in [6.45, 7) is 0.969. The van der Waals surface area contributed by atoms with E-state index in [4.69, 9.17) is 4.74 Å². The summed E-state index contributed by atoms with van der Waals surface area (Å²) in [4.78, 5) is 2.52. The molecule has 142 valence electrons. The molecule has 0 aromatic heterocycles. The summed E-state index contributed by atoms with van der Waals surface area (Å²) in [5, 5.41) is 2.52. The van der Waals surface area contributed by atoms with Gasteiger partial charge in [0.2, 0.25) is 0 Å². The molecule has 3 heteroatoms. The third-order valence-corrected chi connectivity index (χ3v) is 6.96. The zero-order valence-electron chi connectivity index (χ0n) is 15.9. The molecule has 0 saturated heterocycles. The molecule has 0 fully saturated rings. The third kappa shape index (κ3) is 2.65. The van der Waals surface area contributed by atoms with Crippen LogP contribution in [0.15, 0.2) is 89.4 Å². The lowest BCUT2D eigenvalue weighted by Crippen LogP contribution is -2.44. The van der Waals surface area contributed by atoms with Crippen LogP contribution in [0.4, 0.5) is 0 Å². The highest BCUT2D eigenvalue weighted by molar-refractivity contribution is 9.10. The Morgan fingerprint density at radius 1 is 0.793 bits per heavy atom. The van der Waals surface area contributed by atoms with E-state index < -0.39 is 0 Å². The Morgan fingerprint density at radius 2 is 1.55 bits per heavy atom. The molecule has 0 amide bonds. The fourth-order valence-corrected chi connectivity index (χ4v) is 5.42. The Labute approximate surface area is 178 Å². The SMILES string of the molecule is Brc1ccccc1C1c2c(ccc3ccccc23)OC2c3ccccc3CCN21. The molecule has 0 spiro atoms. The Hall–Kier alpha value is -2.62. The van der Waals surface area contributed by atoms with Crippen molar-refractivity contribution in [3.05, 3.63) is 112 Å². The van der Waals surface area contributed by atoms with Crippen molar-refractivity contribution in [2.45, 2.75) is 18.7 Å². The summed E-state index contributed by atoms with van der Waals surface area (Å²) >= 11 is 3.83. The van der Waals surface area contributed by atoms with Gasteiger partial charge in [0.25, 0.3) is 0 Å². The van der Waals surface area contributed by atoms with Crippen molar-refractivity contribution in [2.24, 2.45) is 0 Å². The smallest absolute Gasteiger partial charge is 0.180 e. The maximum absolute atomic E-state index is 6.67. The number of rotatable bonds is 1. The summed E-state index contributed by atoms with van der Waals surface area (Å²) in [7, 11) is 0. The molecule has 0 saturated carbocycles. The lowest BCUT2D eigenvalue weighted by Gasteiger charge is -2.46. The fraction of sp³-hybridized carbons (Fsp3) is 0.154. The van der Waals surface area contributed by atoms with Crippen LogP contribution in [0.2, 0.25) is 0 Å². The lowest BCUT2D eigenvalue weighted by molar-refractivity contribution is -0.0262. The van der Waals surface area contributed by atoms with Crippen molar-refractivity contribution >= 4 is 26.7 Å². The molecule has 2 heterocycles. The second kappa shape index (κ2) is 6.72. The van der Waals surface area contributed by atoms with E-state index in [9.17, 15) is 0 Å². The van der Waals surface area contributed by atoms with Gasteiger partial charge in [0.05, 0.1) is 6.04 Å². The van der Waals surface area contributed by atoms with Crippen molar-refractivity contribution in [1.82, 2.24) is 4.90 Å². The van der Waals surface area contributed by atoms with Crippen molar-refractivity contribution in [2.75, 3.05) is 6.54 Å². The minimum Gasteiger partial charge on any atom is -0.470 e. The van der Waals surface area contributed by atoms with E-state index in [0.717, 1.165) is 23.2 Å². The first-order chi connectivity index (χ1) is 14.3. The van der Waals surface area contributed by atoms with Gasteiger partial charge >= 0.3 is 0 Å². The number of ether oxygens (including phenoxy) is 1. The van der Waals surface area contributed by atoms with Gasteiger partial charge in [-0.1, -0.05) is 88.7 Å². The number of hydrogen-bond acceptors (Lipinski definition) is 2. The van der Waals surface area contributed by atoms with E-state index in [1.165, 1.54) is 33.0 Å². The van der Waals surface area contributed by atoms with Crippen molar-refractivity contribution in [1.29, 1.82) is 0 Å². The van der Waals surface area contributed by atoms with Crippen molar-refractivity contribution in [3.63, 3.8) is 0 Å². The molecule has 0 radical (unpaired) electrons. The highest BCUT2D eigenvalue weighted by Crippen LogP contribution is 2.51. The first-order valence-corrected chi connectivity index (χ1v) is 10.9. The van der Waals surface area contributed by atoms with Crippen LogP contribution in [-0.4, -0.2) is 11.4 Å². The second-order valence-corrected chi connectivity index (χ2v) is 8.63. The zero-order valence-corrected chi connectivity index (χ0v) is 17.5.